The van der Waals surface area contributed by atoms with Crippen LogP contribution in [0.5, 0.6) is 0 Å². The van der Waals surface area contributed by atoms with Gasteiger partial charge >= 0.3 is 0 Å². The maximum atomic E-state index is 14.1. The predicted octanol–water partition coefficient (Wildman–Crippen LogP) is 3.39. The normalized spacial score (nSPS) is 15.6. The molecule has 0 fully saturated rings. The van der Waals surface area contributed by atoms with E-state index in [1.165, 1.54) is 12.1 Å². The van der Waals surface area contributed by atoms with Crippen molar-refractivity contribution in [1.82, 2.24) is 0 Å². The Labute approximate surface area is 91.5 Å². The van der Waals surface area contributed by atoms with Crippen molar-refractivity contribution in [3.8, 4) is 11.1 Å². The first-order chi connectivity index (χ1) is 7.60. The summed E-state index contributed by atoms with van der Waals surface area (Å²) in [5.74, 6) is -2.93. The van der Waals surface area contributed by atoms with Gasteiger partial charge < -0.3 is 5.73 Å². The highest BCUT2D eigenvalue weighted by Crippen LogP contribution is 2.51. The summed E-state index contributed by atoms with van der Waals surface area (Å²) in [6.07, 6.45) is 0. The van der Waals surface area contributed by atoms with Gasteiger partial charge in [-0.1, -0.05) is 30.3 Å². The molecule has 2 aromatic rings. The predicted molar refractivity (Wildman–Crippen MR) is 59.3 cm³/mol. The van der Waals surface area contributed by atoms with E-state index in [4.69, 9.17) is 5.73 Å². The molecule has 2 aromatic carbocycles. The highest BCUT2D eigenvalue weighted by molar-refractivity contribution is 5.80. The number of nitrogen functional groups attached to an aromatic ring is 1. The van der Waals surface area contributed by atoms with Crippen molar-refractivity contribution in [2.45, 2.75) is 5.92 Å². The number of nitrogens with two attached hydrogens (primary N) is 1. The molecule has 0 unspecified atom stereocenters. The van der Waals surface area contributed by atoms with E-state index in [2.05, 4.69) is 0 Å². The van der Waals surface area contributed by atoms with Gasteiger partial charge in [0, 0.05) is 16.8 Å². The highest BCUT2D eigenvalue weighted by atomic mass is 19.3. The zero-order chi connectivity index (χ0) is 11.3. The summed E-state index contributed by atoms with van der Waals surface area (Å²) in [6, 6.07) is 11.2. The maximum absolute atomic E-state index is 14.1. The summed E-state index contributed by atoms with van der Waals surface area (Å²) < 4.78 is 28.1. The van der Waals surface area contributed by atoms with E-state index in [9.17, 15) is 8.78 Å². The number of alkyl halides is 2. The first kappa shape index (κ1) is 9.33. The van der Waals surface area contributed by atoms with Gasteiger partial charge in [0.15, 0.2) is 0 Å². The van der Waals surface area contributed by atoms with Gasteiger partial charge in [-0.25, -0.2) is 0 Å². The van der Waals surface area contributed by atoms with Crippen LogP contribution in [0.1, 0.15) is 11.1 Å². The third kappa shape index (κ3) is 1.03. The summed E-state index contributed by atoms with van der Waals surface area (Å²) in [4.78, 5) is 0. The first-order valence-corrected chi connectivity index (χ1v) is 4.98. The van der Waals surface area contributed by atoms with Gasteiger partial charge in [-0.05, 0) is 23.3 Å². The fourth-order valence-electron chi connectivity index (χ4n) is 2.19. The van der Waals surface area contributed by atoms with Crippen LogP contribution in [0.2, 0.25) is 0 Å². The Bertz CT molecular complexity index is 576. The monoisotopic (exact) mass is 217 g/mol. The van der Waals surface area contributed by atoms with Gasteiger partial charge in [0.25, 0.3) is 5.92 Å². The van der Waals surface area contributed by atoms with Crippen LogP contribution in [0.3, 0.4) is 0 Å². The number of halogens is 2. The fraction of sp³-hybridized carbons (Fsp3) is 0.0769. The second-order valence-corrected chi connectivity index (χ2v) is 3.92. The molecule has 1 nitrogen and oxygen atoms in total. The fourth-order valence-corrected chi connectivity index (χ4v) is 2.19. The molecular weight excluding hydrogens is 208 g/mol. The van der Waals surface area contributed by atoms with Gasteiger partial charge in [-0.3, -0.25) is 0 Å². The smallest absolute Gasteiger partial charge is 0.299 e. The molecule has 1 aliphatic carbocycles. The van der Waals surface area contributed by atoms with Crippen LogP contribution >= 0.6 is 0 Å². The molecule has 0 spiro atoms. The first-order valence-electron chi connectivity index (χ1n) is 4.98. The maximum Gasteiger partial charge on any atom is 0.299 e. The molecule has 0 aromatic heterocycles. The average Bonchev–Trinajstić information content (AvgIpc) is 2.49. The van der Waals surface area contributed by atoms with Gasteiger partial charge in [0.1, 0.15) is 0 Å². The number of benzene rings is 2. The summed E-state index contributed by atoms with van der Waals surface area (Å²) in [5, 5.41) is 0. The number of anilines is 1. The quantitative estimate of drug-likeness (QED) is 0.672. The molecule has 80 valence electrons. The van der Waals surface area contributed by atoms with Crippen molar-refractivity contribution in [2.24, 2.45) is 0 Å². The lowest BCUT2D eigenvalue weighted by atomic mass is 10.1. The summed E-state index contributed by atoms with van der Waals surface area (Å²) in [7, 11) is 0. The van der Waals surface area contributed by atoms with E-state index >= 15 is 0 Å². The Kier molecular flexibility index (Phi) is 1.64. The molecule has 16 heavy (non-hydrogen) atoms. The van der Waals surface area contributed by atoms with Crippen LogP contribution in [0.25, 0.3) is 11.1 Å². The second-order valence-electron chi connectivity index (χ2n) is 3.92. The molecule has 0 atom stereocenters. The number of hydrogen-bond acceptors (Lipinski definition) is 1. The lowest BCUT2D eigenvalue weighted by molar-refractivity contribution is 0.0480. The van der Waals surface area contributed by atoms with Crippen LogP contribution in [-0.2, 0) is 5.92 Å². The number of fused-ring (bicyclic) bond motifs is 3. The molecule has 2 N–H and O–H groups in total. The average molecular weight is 217 g/mol. The molecule has 0 heterocycles. The van der Waals surface area contributed by atoms with Crippen molar-refractivity contribution >= 4 is 5.69 Å². The van der Waals surface area contributed by atoms with Gasteiger partial charge in [0.05, 0.1) is 0 Å². The summed E-state index contributed by atoms with van der Waals surface area (Å²) >= 11 is 0. The van der Waals surface area contributed by atoms with E-state index in [0.717, 1.165) is 0 Å². The number of rotatable bonds is 0. The molecule has 1 aliphatic rings. The van der Waals surface area contributed by atoms with Crippen LogP contribution in [0.4, 0.5) is 14.5 Å². The summed E-state index contributed by atoms with van der Waals surface area (Å²) in [6.45, 7) is 0. The highest BCUT2D eigenvalue weighted by Gasteiger charge is 2.43. The van der Waals surface area contributed by atoms with Gasteiger partial charge in [-0.15, -0.1) is 0 Å². The standard InChI is InChI=1S/C13H9F2N/c14-13(15)11-4-2-1-3-9(11)10-6-5-8(16)7-12(10)13/h1-7H,16H2. The van der Waals surface area contributed by atoms with E-state index in [1.54, 1.807) is 30.3 Å². The Balaban J connectivity index is 2.39. The minimum Gasteiger partial charge on any atom is -0.399 e. The zero-order valence-electron chi connectivity index (χ0n) is 8.37. The molecule has 0 saturated heterocycles. The van der Waals surface area contributed by atoms with Crippen molar-refractivity contribution in [2.75, 3.05) is 5.73 Å². The molecule has 0 aliphatic heterocycles. The van der Waals surface area contributed by atoms with Crippen molar-refractivity contribution < 1.29 is 8.78 Å². The van der Waals surface area contributed by atoms with Gasteiger partial charge in [-0.2, -0.15) is 8.78 Å². The molecule has 0 saturated carbocycles. The SMILES string of the molecule is Nc1ccc2c(c1)C(F)(F)c1ccccc1-2. The minimum absolute atomic E-state index is 0.00806. The lowest BCUT2D eigenvalue weighted by Gasteiger charge is -2.12. The minimum atomic E-state index is -2.93. The third-order valence-electron chi connectivity index (χ3n) is 2.94. The van der Waals surface area contributed by atoms with Gasteiger partial charge in [0.2, 0.25) is 0 Å². The molecule has 0 radical (unpaired) electrons. The van der Waals surface area contributed by atoms with E-state index in [1.807, 2.05) is 0 Å². The second kappa shape index (κ2) is 2.82. The topological polar surface area (TPSA) is 26.0 Å². The van der Waals surface area contributed by atoms with Crippen LogP contribution in [0.15, 0.2) is 42.5 Å². The van der Waals surface area contributed by atoms with Crippen LogP contribution in [0, 0.1) is 0 Å². The van der Waals surface area contributed by atoms with Crippen LogP contribution < -0.4 is 5.73 Å². The molecule has 0 amide bonds. The van der Waals surface area contributed by atoms with Crippen molar-refractivity contribution in [3.05, 3.63) is 53.6 Å². The largest absolute Gasteiger partial charge is 0.399 e. The molecule has 0 bridgehead atoms. The van der Waals surface area contributed by atoms with Crippen molar-refractivity contribution in [1.29, 1.82) is 0 Å². The number of hydrogen-bond donors (Lipinski definition) is 1. The van der Waals surface area contributed by atoms with Crippen LogP contribution in [-0.4, -0.2) is 0 Å². The Morgan fingerprint density at radius 3 is 2.38 bits per heavy atom. The van der Waals surface area contributed by atoms with E-state index < -0.39 is 5.92 Å². The molecular formula is C13H9F2N. The van der Waals surface area contributed by atoms with E-state index in [-0.39, 0.29) is 11.1 Å². The third-order valence-corrected chi connectivity index (χ3v) is 2.94. The zero-order valence-corrected chi connectivity index (χ0v) is 8.37. The molecule has 3 rings (SSSR count). The molecule has 3 heteroatoms. The van der Waals surface area contributed by atoms with Crippen molar-refractivity contribution in [3.63, 3.8) is 0 Å². The van der Waals surface area contributed by atoms with E-state index in [0.29, 0.717) is 16.8 Å². The Morgan fingerprint density at radius 2 is 1.56 bits per heavy atom. The lowest BCUT2D eigenvalue weighted by Crippen LogP contribution is -2.11. The Hall–Kier alpha value is -1.90. The summed E-state index contributed by atoms with van der Waals surface area (Å²) in [5.41, 5.74) is 7.17. The Morgan fingerprint density at radius 1 is 0.875 bits per heavy atom.